The fourth-order valence-corrected chi connectivity index (χ4v) is 3.95. The highest BCUT2D eigenvalue weighted by Gasteiger charge is 2.34. The van der Waals surface area contributed by atoms with Crippen LogP contribution in [0.2, 0.25) is 0 Å². The predicted octanol–water partition coefficient (Wildman–Crippen LogP) is 3.17. The third-order valence-electron chi connectivity index (χ3n) is 3.87. The van der Waals surface area contributed by atoms with E-state index in [9.17, 15) is 4.79 Å². The van der Waals surface area contributed by atoms with E-state index in [0.29, 0.717) is 11.5 Å². The number of amides is 1. The van der Waals surface area contributed by atoms with E-state index in [1.54, 1.807) is 19.7 Å². The van der Waals surface area contributed by atoms with Gasteiger partial charge in [-0.2, -0.15) is 0 Å². The summed E-state index contributed by atoms with van der Waals surface area (Å²) in [5.74, 6) is 0.814. The molecule has 0 aliphatic carbocycles. The number of nitrogens with one attached hydrogen (secondary N) is 1. The molecule has 1 aliphatic heterocycles. The van der Waals surface area contributed by atoms with Crippen LogP contribution in [0.5, 0.6) is 11.5 Å². The van der Waals surface area contributed by atoms with Crippen molar-refractivity contribution in [3.05, 3.63) is 48.0 Å². The van der Waals surface area contributed by atoms with Gasteiger partial charge in [-0.25, -0.2) is 5.48 Å². The van der Waals surface area contributed by atoms with Crippen molar-refractivity contribution >= 4 is 23.5 Å². The Labute approximate surface area is 144 Å². The molecule has 2 aromatic carbocycles. The smallest absolute Gasteiger partial charge is 0.245 e. The number of benzene rings is 2. The Morgan fingerprint density at radius 1 is 1.21 bits per heavy atom. The van der Waals surface area contributed by atoms with Gasteiger partial charge in [-0.1, -0.05) is 18.2 Å². The lowest BCUT2D eigenvalue weighted by atomic mass is 10.0. The summed E-state index contributed by atoms with van der Waals surface area (Å²) < 4.78 is 12.8. The van der Waals surface area contributed by atoms with Crippen LogP contribution in [-0.4, -0.2) is 25.3 Å². The van der Waals surface area contributed by atoms with E-state index in [0.717, 1.165) is 16.1 Å². The minimum Gasteiger partial charge on any atom is -0.493 e. The molecule has 126 valence electrons. The average Bonchev–Trinajstić information content (AvgIpc) is 2.98. The minimum absolute atomic E-state index is 0.126. The third-order valence-corrected chi connectivity index (χ3v) is 5.08. The Bertz CT molecular complexity index is 739. The predicted molar refractivity (Wildman–Crippen MR) is 91.6 cm³/mol. The van der Waals surface area contributed by atoms with Crippen molar-refractivity contribution in [2.45, 2.75) is 17.4 Å². The second-order valence-electron chi connectivity index (χ2n) is 5.25. The molecule has 1 aliphatic rings. The second-order valence-corrected chi connectivity index (χ2v) is 6.27. The largest absolute Gasteiger partial charge is 0.493 e. The zero-order valence-electron chi connectivity index (χ0n) is 13.4. The fraction of sp³-hybridized carbons (Fsp3) is 0.235. The molecule has 0 aromatic heterocycles. The maximum atomic E-state index is 11.8. The Balaban J connectivity index is 2.04. The molecule has 0 spiro atoms. The van der Waals surface area contributed by atoms with Crippen molar-refractivity contribution in [3.63, 3.8) is 0 Å². The molecule has 0 bridgehead atoms. The molecular formula is C17H18N2O4S. The van der Waals surface area contributed by atoms with Crippen LogP contribution in [-0.2, 0) is 4.79 Å². The molecule has 1 atom stereocenters. The van der Waals surface area contributed by atoms with E-state index >= 15 is 0 Å². The molecule has 2 aromatic rings. The summed E-state index contributed by atoms with van der Waals surface area (Å²) in [6, 6.07) is 13.4. The Morgan fingerprint density at radius 2 is 1.88 bits per heavy atom. The van der Waals surface area contributed by atoms with E-state index < -0.39 is 5.91 Å². The SMILES string of the molecule is COc1cc2c(cc1OC)C(CC(=O)NO)N(c1ccccc1)S2. The number of rotatable bonds is 5. The quantitative estimate of drug-likeness (QED) is 0.492. The van der Waals surface area contributed by atoms with Gasteiger partial charge in [0.25, 0.3) is 0 Å². The van der Waals surface area contributed by atoms with E-state index in [-0.39, 0.29) is 12.5 Å². The molecule has 7 heteroatoms. The van der Waals surface area contributed by atoms with Crippen molar-refractivity contribution in [1.29, 1.82) is 0 Å². The van der Waals surface area contributed by atoms with E-state index in [4.69, 9.17) is 14.7 Å². The van der Waals surface area contributed by atoms with Gasteiger partial charge in [0.2, 0.25) is 5.91 Å². The van der Waals surface area contributed by atoms with Gasteiger partial charge in [0.05, 0.1) is 26.7 Å². The zero-order chi connectivity index (χ0) is 17.1. The lowest BCUT2D eigenvalue weighted by molar-refractivity contribution is -0.129. The molecule has 0 radical (unpaired) electrons. The Kier molecular flexibility index (Phi) is 4.82. The number of hydrogen-bond donors (Lipinski definition) is 2. The Morgan fingerprint density at radius 3 is 2.50 bits per heavy atom. The monoisotopic (exact) mass is 346 g/mol. The molecule has 0 fully saturated rings. The summed E-state index contributed by atoms with van der Waals surface area (Å²) in [5.41, 5.74) is 3.66. The first kappa shape index (κ1) is 16.5. The number of methoxy groups -OCH3 is 2. The summed E-state index contributed by atoms with van der Waals surface area (Å²) in [4.78, 5) is 12.8. The first-order chi connectivity index (χ1) is 11.7. The van der Waals surface area contributed by atoms with Gasteiger partial charge < -0.3 is 13.8 Å². The highest BCUT2D eigenvalue weighted by molar-refractivity contribution is 8.01. The van der Waals surface area contributed by atoms with Gasteiger partial charge in [-0.3, -0.25) is 10.0 Å². The summed E-state index contributed by atoms with van der Waals surface area (Å²) in [7, 11) is 3.17. The maximum Gasteiger partial charge on any atom is 0.245 e. The number of ether oxygens (including phenoxy) is 2. The van der Waals surface area contributed by atoms with Gasteiger partial charge >= 0.3 is 0 Å². The number of nitrogens with zero attached hydrogens (tertiary/aromatic N) is 1. The van der Waals surface area contributed by atoms with Gasteiger partial charge in [0, 0.05) is 10.6 Å². The van der Waals surface area contributed by atoms with Crippen LogP contribution in [0, 0.1) is 0 Å². The number of hydrogen-bond acceptors (Lipinski definition) is 6. The molecule has 24 heavy (non-hydrogen) atoms. The van der Waals surface area contributed by atoms with Crippen LogP contribution >= 0.6 is 11.9 Å². The normalized spacial score (nSPS) is 15.8. The highest BCUT2D eigenvalue weighted by atomic mass is 32.2. The second kappa shape index (κ2) is 7.02. The number of hydroxylamine groups is 1. The van der Waals surface area contributed by atoms with E-state index in [2.05, 4.69) is 4.31 Å². The number of anilines is 1. The van der Waals surface area contributed by atoms with Crippen LogP contribution in [0.15, 0.2) is 47.4 Å². The maximum absolute atomic E-state index is 11.8. The molecule has 3 rings (SSSR count). The molecule has 0 saturated heterocycles. The van der Waals surface area contributed by atoms with Crippen molar-refractivity contribution in [2.24, 2.45) is 0 Å². The fourth-order valence-electron chi connectivity index (χ4n) is 2.73. The van der Waals surface area contributed by atoms with Gasteiger partial charge in [0.1, 0.15) is 0 Å². The molecule has 1 amide bonds. The Hall–Kier alpha value is -2.38. The molecule has 6 nitrogen and oxygen atoms in total. The van der Waals surface area contributed by atoms with E-state index in [1.165, 1.54) is 11.9 Å². The van der Waals surface area contributed by atoms with Crippen molar-refractivity contribution < 1.29 is 19.5 Å². The molecular weight excluding hydrogens is 328 g/mol. The summed E-state index contributed by atoms with van der Waals surface area (Å²) >= 11 is 1.53. The van der Waals surface area contributed by atoms with Crippen molar-refractivity contribution in [2.75, 3.05) is 18.5 Å². The summed E-state index contributed by atoms with van der Waals surface area (Å²) in [6.07, 6.45) is 0.126. The average molecular weight is 346 g/mol. The first-order valence-corrected chi connectivity index (χ1v) is 8.16. The first-order valence-electron chi connectivity index (χ1n) is 7.39. The van der Waals surface area contributed by atoms with Crippen LogP contribution in [0.1, 0.15) is 18.0 Å². The van der Waals surface area contributed by atoms with Crippen molar-refractivity contribution in [3.8, 4) is 11.5 Å². The number of para-hydroxylation sites is 1. The molecule has 1 heterocycles. The summed E-state index contributed by atoms with van der Waals surface area (Å²) in [6.45, 7) is 0. The third kappa shape index (κ3) is 3.00. The molecule has 1 unspecified atom stereocenters. The van der Waals surface area contributed by atoms with Crippen LogP contribution in [0.4, 0.5) is 5.69 Å². The lowest BCUT2D eigenvalue weighted by Crippen LogP contribution is -2.26. The van der Waals surface area contributed by atoms with Gasteiger partial charge in [-0.15, -0.1) is 0 Å². The topological polar surface area (TPSA) is 71.0 Å². The number of carbonyl (C=O) groups is 1. The summed E-state index contributed by atoms with van der Waals surface area (Å²) in [5, 5.41) is 8.91. The van der Waals surface area contributed by atoms with Crippen LogP contribution < -0.4 is 19.3 Å². The number of fused-ring (bicyclic) bond motifs is 1. The lowest BCUT2D eigenvalue weighted by Gasteiger charge is -2.25. The highest BCUT2D eigenvalue weighted by Crippen LogP contribution is 2.51. The van der Waals surface area contributed by atoms with Crippen LogP contribution in [0.3, 0.4) is 0 Å². The molecule has 2 N–H and O–H groups in total. The van der Waals surface area contributed by atoms with Gasteiger partial charge in [0.15, 0.2) is 11.5 Å². The zero-order valence-corrected chi connectivity index (χ0v) is 14.2. The standard InChI is InChI=1S/C17H18N2O4S/c1-22-14-8-12-13(9-17(20)18-21)19(11-6-4-3-5-7-11)24-16(12)10-15(14)23-2/h3-8,10,13,21H,9H2,1-2H3,(H,18,20). The van der Waals surface area contributed by atoms with Crippen LogP contribution in [0.25, 0.3) is 0 Å². The molecule has 0 saturated carbocycles. The van der Waals surface area contributed by atoms with Gasteiger partial charge in [-0.05, 0) is 41.8 Å². The van der Waals surface area contributed by atoms with E-state index in [1.807, 2.05) is 42.5 Å². The number of carbonyl (C=O) groups excluding carboxylic acids is 1. The minimum atomic E-state index is -0.441. The van der Waals surface area contributed by atoms with Crippen molar-refractivity contribution in [1.82, 2.24) is 5.48 Å².